The molecule has 18 heavy (non-hydrogen) atoms. The first-order valence-electron chi connectivity index (χ1n) is 5.69. The van der Waals surface area contributed by atoms with Gasteiger partial charge in [-0.15, -0.1) is 0 Å². The number of nitrogens with one attached hydrogen (secondary N) is 2. The number of rotatable bonds is 9. The second-order valence-electron chi connectivity index (χ2n) is 3.77. The van der Waals surface area contributed by atoms with E-state index in [2.05, 4.69) is 10.6 Å². The van der Waals surface area contributed by atoms with Gasteiger partial charge in [-0.3, -0.25) is 14.4 Å². The molecule has 0 aliphatic carbocycles. The molecule has 8 heteroatoms. The molecular weight excluding hydrogens is 240 g/mol. The number of hydrogen-bond donors (Lipinski definition) is 5. The Morgan fingerprint density at radius 3 is 2.33 bits per heavy atom. The van der Waals surface area contributed by atoms with Crippen molar-refractivity contribution in [2.75, 3.05) is 19.6 Å². The normalized spacial score (nSPS) is 11.7. The van der Waals surface area contributed by atoms with Gasteiger partial charge < -0.3 is 27.2 Å². The van der Waals surface area contributed by atoms with Crippen molar-refractivity contribution in [2.45, 2.75) is 25.3 Å². The molecule has 0 rings (SSSR count). The average molecular weight is 260 g/mol. The van der Waals surface area contributed by atoms with Gasteiger partial charge in [0.1, 0.15) is 6.04 Å². The van der Waals surface area contributed by atoms with Crippen molar-refractivity contribution in [3.05, 3.63) is 0 Å². The van der Waals surface area contributed by atoms with E-state index >= 15 is 0 Å². The molecule has 0 fully saturated rings. The maximum Gasteiger partial charge on any atom is 0.320 e. The van der Waals surface area contributed by atoms with E-state index in [-0.39, 0.29) is 19.0 Å². The SMILES string of the molecule is NCC(=O)NCC(=O)NCCCCC(N)C(=O)O. The van der Waals surface area contributed by atoms with Gasteiger partial charge in [-0.25, -0.2) is 0 Å². The number of carboxylic acids is 1. The smallest absolute Gasteiger partial charge is 0.320 e. The number of nitrogens with two attached hydrogens (primary N) is 2. The van der Waals surface area contributed by atoms with E-state index in [1.54, 1.807) is 0 Å². The molecule has 2 amide bonds. The van der Waals surface area contributed by atoms with E-state index in [0.29, 0.717) is 25.8 Å². The monoisotopic (exact) mass is 260 g/mol. The van der Waals surface area contributed by atoms with Crippen molar-refractivity contribution in [2.24, 2.45) is 11.5 Å². The third-order valence-electron chi connectivity index (χ3n) is 2.21. The highest BCUT2D eigenvalue weighted by atomic mass is 16.4. The van der Waals surface area contributed by atoms with Crippen molar-refractivity contribution in [3.8, 4) is 0 Å². The van der Waals surface area contributed by atoms with E-state index in [1.165, 1.54) is 0 Å². The largest absolute Gasteiger partial charge is 0.480 e. The van der Waals surface area contributed by atoms with Crippen LogP contribution in [0.5, 0.6) is 0 Å². The van der Waals surface area contributed by atoms with Crippen LogP contribution in [0.15, 0.2) is 0 Å². The summed E-state index contributed by atoms with van der Waals surface area (Å²) < 4.78 is 0. The fourth-order valence-electron chi connectivity index (χ4n) is 1.15. The molecule has 1 unspecified atom stereocenters. The molecule has 0 aliphatic rings. The number of aliphatic carboxylic acids is 1. The van der Waals surface area contributed by atoms with E-state index in [1.807, 2.05) is 0 Å². The Balaban J connectivity index is 3.46. The van der Waals surface area contributed by atoms with Crippen LogP contribution in [-0.4, -0.2) is 48.6 Å². The summed E-state index contributed by atoms with van der Waals surface area (Å²) >= 11 is 0. The van der Waals surface area contributed by atoms with E-state index < -0.39 is 17.9 Å². The summed E-state index contributed by atoms with van der Waals surface area (Å²) in [6.45, 7) is 0.161. The van der Waals surface area contributed by atoms with Gasteiger partial charge in [0.2, 0.25) is 11.8 Å². The molecule has 0 aromatic heterocycles. The first-order valence-corrected chi connectivity index (χ1v) is 5.69. The molecule has 0 saturated carbocycles. The average Bonchev–Trinajstić information content (AvgIpc) is 2.34. The van der Waals surface area contributed by atoms with Crippen LogP contribution in [0.25, 0.3) is 0 Å². The second-order valence-corrected chi connectivity index (χ2v) is 3.77. The predicted octanol–water partition coefficient (Wildman–Crippen LogP) is -2.24. The Bertz CT molecular complexity index is 296. The summed E-state index contributed by atoms with van der Waals surface area (Å²) in [7, 11) is 0. The third kappa shape index (κ3) is 8.48. The highest BCUT2D eigenvalue weighted by Crippen LogP contribution is 1.97. The fourth-order valence-corrected chi connectivity index (χ4v) is 1.15. The van der Waals surface area contributed by atoms with Gasteiger partial charge in [0.25, 0.3) is 0 Å². The molecule has 104 valence electrons. The summed E-state index contributed by atoms with van der Waals surface area (Å²) in [6, 6.07) is -0.857. The molecule has 0 aromatic carbocycles. The number of amides is 2. The van der Waals surface area contributed by atoms with Gasteiger partial charge in [-0.05, 0) is 19.3 Å². The van der Waals surface area contributed by atoms with Crippen LogP contribution < -0.4 is 22.1 Å². The zero-order valence-corrected chi connectivity index (χ0v) is 10.1. The Kier molecular flexibility index (Phi) is 8.50. The minimum Gasteiger partial charge on any atom is -0.480 e. The molecule has 0 heterocycles. The van der Waals surface area contributed by atoms with Gasteiger partial charge in [0, 0.05) is 6.54 Å². The Hall–Kier alpha value is -1.67. The Morgan fingerprint density at radius 1 is 1.11 bits per heavy atom. The fraction of sp³-hybridized carbons (Fsp3) is 0.700. The lowest BCUT2D eigenvalue weighted by molar-refractivity contribution is -0.138. The predicted molar refractivity (Wildman–Crippen MR) is 64.5 cm³/mol. The summed E-state index contributed by atoms with van der Waals surface area (Å²) in [5.74, 6) is -1.72. The highest BCUT2D eigenvalue weighted by Gasteiger charge is 2.10. The third-order valence-corrected chi connectivity index (χ3v) is 2.21. The zero-order chi connectivity index (χ0) is 14.0. The van der Waals surface area contributed by atoms with Gasteiger partial charge in [-0.2, -0.15) is 0 Å². The van der Waals surface area contributed by atoms with Gasteiger partial charge in [-0.1, -0.05) is 0 Å². The molecule has 1 atom stereocenters. The van der Waals surface area contributed by atoms with Gasteiger partial charge in [0.05, 0.1) is 13.1 Å². The molecule has 0 bridgehead atoms. The van der Waals surface area contributed by atoms with Crippen molar-refractivity contribution >= 4 is 17.8 Å². The van der Waals surface area contributed by atoms with Gasteiger partial charge in [0.15, 0.2) is 0 Å². The topological polar surface area (TPSA) is 148 Å². The molecule has 7 N–H and O–H groups in total. The van der Waals surface area contributed by atoms with E-state index in [9.17, 15) is 14.4 Å². The highest BCUT2D eigenvalue weighted by molar-refractivity contribution is 5.85. The number of carbonyl (C=O) groups is 3. The lowest BCUT2D eigenvalue weighted by Crippen LogP contribution is -2.39. The van der Waals surface area contributed by atoms with Crippen LogP contribution in [0.1, 0.15) is 19.3 Å². The maximum atomic E-state index is 11.2. The molecule has 8 nitrogen and oxygen atoms in total. The summed E-state index contributed by atoms with van der Waals surface area (Å²) in [5.41, 5.74) is 10.4. The molecule has 0 aliphatic heterocycles. The molecule has 0 radical (unpaired) electrons. The molecule has 0 saturated heterocycles. The van der Waals surface area contributed by atoms with Crippen LogP contribution >= 0.6 is 0 Å². The van der Waals surface area contributed by atoms with Crippen LogP contribution in [-0.2, 0) is 14.4 Å². The number of unbranched alkanes of at least 4 members (excludes halogenated alkanes) is 1. The van der Waals surface area contributed by atoms with Crippen LogP contribution in [0.3, 0.4) is 0 Å². The van der Waals surface area contributed by atoms with Crippen LogP contribution in [0.2, 0.25) is 0 Å². The Labute approximate surface area is 105 Å². The number of hydrogen-bond acceptors (Lipinski definition) is 5. The summed E-state index contributed by atoms with van der Waals surface area (Å²) in [5, 5.41) is 13.4. The minimum atomic E-state index is -1.02. The maximum absolute atomic E-state index is 11.2. The van der Waals surface area contributed by atoms with Crippen LogP contribution in [0, 0.1) is 0 Å². The number of carboxylic acid groups (broad SMARTS) is 1. The summed E-state index contributed by atoms with van der Waals surface area (Å²) in [4.78, 5) is 32.3. The van der Waals surface area contributed by atoms with Crippen molar-refractivity contribution in [3.63, 3.8) is 0 Å². The standard InChI is InChI=1S/C10H20N4O4/c11-5-8(15)14-6-9(16)13-4-2-1-3-7(12)10(17)18/h7H,1-6,11-12H2,(H,13,16)(H,14,15)(H,17,18). The van der Waals surface area contributed by atoms with Crippen LogP contribution in [0.4, 0.5) is 0 Å². The second kappa shape index (κ2) is 9.37. The van der Waals surface area contributed by atoms with Crippen molar-refractivity contribution in [1.29, 1.82) is 0 Å². The van der Waals surface area contributed by atoms with E-state index in [4.69, 9.17) is 16.6 Å². The number of carbonyl (C=O) groups excluding carboxylic acids is 2. The van der Waals surface area contributed by atoms with E-state index in [0.717, 1.165) is 0 Å². The summed E-state index contributed by atoms with van der Waals surface area (Å²) in [6.07, 6.45) is 1.62. The zero-order valence-electron chi connectivity index (χ0n) is 10.1. The first kappa shape index (κ1) is 16.3. The van der Waals surface area contributed by atoms with Crippen molar-refractivity contribution in [1.82, 2.24) is 10.6 Å². The minimum absolute atomic E-state index is 0.106. The van der Waals surface area contributed by atoms with Crippen molar-refractivity contribution < 1.29 is 19.5 Å². The Morgan fingerprint density at radius 2 is 1.78 bits per heavy atom. The lowest BCUT2D eigenvalue weighted by Gasteiger charge is -2.07. The molecule has 0 aromatic rings. The molecule has 0 spiro atoms. The quantitative estimate of drug-likeness (QED) is 0.296. The molecular formula is C10H20N4O4. The lowest BCUT2D eigenvalue weighted by atomic mass is 10.1. The first-order chi connectivity index (χ1) is 8.47. The van der Waals surface area contributed by atoms with Gasteiger partial charge >= 0.3 is 5.97 Å².